The molecule has 3 N–H and O–H groups in total. The number of rotatable bonds is 10. The zero-order valence-electron chi connectivity index (χ0n) is 15.4. The van der Waals surface area contributed by atoms with E-state index in [2.05, 4.69) is 5.32 Å². The number of nitrogens with one attached hydrogen (secondary N) is 1. The van der Waals surface area contributed by atoms with Crippen molar-refractivity contribution in [1.29, 1.82) is 0 Å². The Morgan fingerprint density at radius 2 is 1.81 bits per heavy atom. The van der Waals surface area contributed by atoms with Crippen molar-refractivity contribution in [2.75, 3.05) is 26.1 Å². The number of para-hydroxylation sites is 1. The summed E-state index contributed by atoms with van der Waals surface area (Å²) < 4.78 is 16.1. The molecule has 0 spiro atoms. The smallest absolute Gasteiger partial charge is 0.253 e. The van der Waals surface area contributed by atoms with Crippen molar-refractivity contribution in [3.05, 3.63) is 59.7 Å². The molecule has 0 aliphatic heterocycles. The molecule has 0 aromatic heterocycles. The first-order valence-electron chi connectivity index (χ1n) is 8.49. The molecule has 0 saturated heterocycles. The van der Waals surface area contributed by atoms with Gasteiger partial charge in [-0.3, -0.25) is 9.59 Å². The first-order valence-corrected chi connectivity index (χ1v) is 8.49. The van der Waals surface area contributed by atoms with Crippen molar-refractivity contribution in [1.82, 2.24) is 0 Å². The zero-order valence-corrected chi connectivity index (χ0v) is 15.4. The third kappa shape index (κ3) is 5.80. The summed E-state index contributed by atoms with van der Waals surface area (Å²) in [4.78, 5) is 24.2. The fourth-order valence-electron chi connectivity index (χ4n) is 2.55. The molecule has 1 atom stereocenters. The number of carbonyl (C=O) groups is 2. The highest BCUT2D eigenvalue weighted by Gasteiger charge is 2.22. The fourth-order valence-corrected chi connectivity index (χ4v) is 2.55. The van der Waals surface area contributed by atoms with Crippen LogP contribution in [0.5, 0.6) is 5.75 Å². The number of carbonyl (C=O) groups excluding carboxylic acids is 2. The van der Waals surface area contributed by atoms with Gasteiger partial charge in [0.2, 0.25) is 0 Å². The van der Waals surface area contributed by atoms with Crippen molar-refractivity contribution in [2.24, 2.45) is 5.73 Å². The molecular formula is C20H24N2O5. The van der Waals surface area contributed by atoms with Crippen molar-refractivity contribution >= 4 is 17.5 Å². The summed E-state index contributed by atoms with van der Waals surface area (Å²) in [5, 5.41) is 2.68. The second-order valence-electron chi connectivity index (χ2n) is 5.79. The topological polar surface area (TPSA) is 99.9 Å². The number of hydrogen-bond acceptors (Lipinski definition) is 5. The zero-order chi connectivity index (χ0) is 19.6. The van der Waals surface area contributed by atoms with Gasteiger partial charge in [0.05, 0.1) is 31.6 Å². The lowest BCUT2D eigenvalue weighted by Gasteiger charge is -2.18. The second-order valence-corrected chi connectivity index (χ2v) is 5.79. The van der Waals surface area contributed by atoms with Gasteiger partial charge in [-0.15, -0.1) is 0 Å². The van der Waals surface area contributed by atoms with Gasteiger partial charge < -0.3 is 25.3 Å². The molecule has 2 amide bonds. The van der Waals surface area contributed by atoms with Crippen LogP contribution in [-0.2, 0) is 20.9 Å². The van der Waals surface area contributed by atoms with Gasteiger partial charge in [-0.1, -0.05) is 36.4 Å². The van der Waals surface area contributed by atoms with E-state index in [9.17, 15) is 9.59 Å². The lowest BCUT2D eigenvalue weighted by atomic mass is 10.1. The van der Waals surface area contributed by atoms with Gasteiger partial charge in [0, 0.05) is 13.5 Å². The van der Waals surface area contributed by atoms with Gasteiger partial charge in [-0.25, -0.2) is 0 Å². The molecule has 0 heterocycles. The van der Waals surface area contributed by atoms with Gasteiger partial charge in [0.25, 0.3) is 11.8 Å². The Morgan fingerprint density at radius 1 is 1.07 bits per heavy atom. The van der Waals surface area contributed by atoms with E-state index in [1.54, 1.807) is 12.1 Å². The minimum Gasteiger partial charge on any atom is -0.495 e. The van der Waals surface area contributed by atoms with Gasteiger partial charge in [-0.05, 0) is 17.7 Å². The molecule has 0 aliphatic carbocycles. The van der Waals surface area contributed by atoms with Gasteiger partial charge in [0.1, 0.15) is 11.9 Å². The van der Waals surface area contributed by atoms with Crippen LogP contribution >= 0.6 is 0 Å². The highest BCUT2D eigenvalue weighted by Crippen LogP contribution is 2.28. The molecule has 2 aromatic carbocycles. The summed E-state index contributed by atoms with van der Waals surface area (Å²) in [6.07, 6.45) is -0.387. The molecule has 2 rings (SSSR count). The van der Waals surface area contributed by atoms with Crippen LogP contribution in [0.1, 0.15) is 22.3 Å². The SMILES string of the molecule is COc1cccc(C(N)=O)c1NC(=O)C(CCOCc1ccccc1)OC. The summed E-state index contributed by atoms with van der Waals surface area (Å²) in [6.45, 7) is 0.798. The molecule has 0 saturated carbocycles. The Kier molecular flexibility index (Phi) is 7.79. The van der Waals surface area contributed by atoms with Crippen LogP contribution in [0.4, 0.5) is 5.69 Å². The minimum absolute atomic E-state index is 0.165. The summed E-state index contributed by atoms with van der Waals surface area (Å²) >= 11 is 0. The van der Waals surface area contributed by atoms with E-state index in [-0.39, 0.29) is 11.3 Å². The molecule has 2 aromatic rings. The lowest BCUT2D eigenvalue weighted by Crippen LogP contribution is -2.31. The Bertz CT molecular complexity index is 764. The number of benzene rings is 2. The molecular weight excluding hydrogens is 348 g/mol. The Morgan fingerprint density at radius 3 is 2.44 bits per heavy atom. The fraction of sp³-hybridized carbons (Fsp3) is 0.300. The molecule has 1 unspecified atom stereocenters. The molecule has 144 valence electrons. The van der Waals surface area contributed by atoms with Gasteiger partial charge >= 0.3 is 0 Å². The van der Waals surface area contributed by atoms with Crippen LogP contribution in [0.15, 0.2) is 48.5 Å². The Balaban J connectivity index is 1.96. The maximum absolute atomic E-state index is 12.6. The van der Waals surface area contributed by atoms with Crippen LogP contribution in [0, 0.1) is 0 Å². The molecule has 0 fully saturated rings. The van der Waals surface area contributed by atoms with E-state index >= 15 is 0 Å². The maximum Gasteiger partial charge on any atom is 0.253 e. The Hall–Kier alpha value is -2.90. The van der Waals surface area contributed by atoms with Crippen molar-refractivity contribution in [2.45, 2.75) is 19.1 Å². The standard InChI is InChI=1S/C20H24N2O5/c1-25-16-10-6-9-15(19(21)23)18(16)22-20(24)17(26-2)11-12-27-13-14-7-4-3-5-8-14/h3-10,17H,11-13H2,1-2H3,(H2,21,23)(H,22,24). The lowest BCUT2D eigenvalue weighted by molar-refractivity contribution is -0.126. The molecule has 7 heteroatoms. The molecule has 7 nitrogen and oxygen atoms in total. The largest absolute Gasteiger partial charge is 0.495 e. The molecule has 0 aliphatic rings. The van der Waals surface area contributed by atoms with Crippen molar-refractivity contribution in [3.8, 4) is 5.75 Å². The normalized spacial score (nSPS) is 11.6. The van der Waals surface area contributed by atoms with Gasteiger partial charge in [-0.2, -0.15) is 0 Å². The molecule has 0 bridgehead atoms. The minimum atomic E-state index is -0.744. The number of hydrogen-bond donors (Lipinski definition) is 2. The first kappa shape index (κ1) is 20.4. The third-order valence-electron chi connectivity index (χ3n) is 3.97. The quantitative estimate of drug-likeness (QED) is 0.624. The second kappa shape index (κ2) is 10.3. The first-order chi connectivity index (χ1) is 13.1. The number of anilines is 1. The van der Waals surface area contributed by atoms with E-state index < -0.39 is 17.9 Å². The monoisotopic (exact) mass is 372 g/mol. The van der Waals surface area contributed by atoms with Crippen LogP contribution in [0.25, 0.3) is 0 Å². The van der Waals surface area contributed by atoms with Crippen molar-refractivity contribution in [3.63, 3.8) is 0 Å². The van der Waals surface area contributed by atoms with E-state index in [0.717, 1.165) is 5.56 Å². The average molecular weight is 372 g/mol. The van der Waals surface area contributed by atoms with Crippen LogP contribution in [0.3, 0.4) is 0 Å². The van der Waals surface area contributed by atoms with E-state index in [1.165, 1.54) is 20.3 Å². The number of primary amides is 1. The Labute approximate surface area is 158 Å². The van der Waals surface area contributed by atoms with E-state index in [1.807, 2.05) is 30.3 Å². The van der Waals surface area contributed by atoms with Crippen LogP contribution in [0.2, 0.25) is 0 Å². The third-order valence-corrected chi connectivity index (χ3v) is 3.97. The maximum atomic E-state index is 12.6. The van der Waals surface area contributed by atoms with Crippen molar-refractivity contribution < 1.29 is 23.8 Å². The number of methoxy groups -OCH3 is 2. The number of nitrogens with two attached hydrogens (primary N) is 1. The van der Waals surface area contributed by atoms with E-state index in [0.29, 0.717) is 25.4 Å². The summed E-state index contributed by atoms with van der Waals surface area (Å²) in [7, 11) is 2.89. The van der Waals surface area contributed by atoms with Gasteiger partial charge in [0.15, 0.2) is 0 Å². The molecule has 27 heavy (non-hydrogen) atoms. The highest BCUT2D eigenvalue weighted by molar-refractivity contribution is 6.05. The number of amides is 2. The predicted molar refractivity (Wildman–Crippen MR) is 102 cm³/mol. The summed E-state index contributed by atoms with van der Waals surface area (Å²) in [5.41, 5.74) is 6.82. The van der Waals surface area contributed by atoms with Crippen LogP contribution in [-0.4, -0.2) is 38.7 Å². The summed E-state index contributed by atoms with van der Waals surface area (Å²) in [6, 6.07) is 14.5. The summed E-state index contributed by atoms with van der Waals surface area (Å²) in [5.74, 6) is -0.730. The van der Waals surface area contributed by atoms with E-state index in [4.69, 9.17) is 19.9 Å². The highest BCUT2D eigenvalue weighted by atomic mass is 16.5. The molecule has 0 radical (unpaired) electrons. The predicted octanol–water partition coefficient (Wildman–Crippen LogP) is 2.35. The van der Waals surface area contributed by atoms with Crippen LogP contribution < -0.4 is 15.8 Å². The average Bonchev–Trinajstić information content (AvgIpc) is 2.68. The number of ether oxygens (including phenoxy) is 3.